The molecule has 402 valence electrons. The molecule has 0 heterocycles. The van der Waals surface area contributed by atoms with Crippen LogP contribution in [0.4, 0.5) is 158 Å². The Bertz CT molecular complexity index is 1930. The molecule has 0 bridgehead atoms. The van der Waals surface area contributed by atoms with E-state index in [9.17, 15) is 192 Å². The summed E-state index contributed by atoms with van der Waals surface area (Å²) in [7, 11) is -34.7. The quantitative estimate of drug-likeness (QED) is 0.117. The fourth-order valence-corrected chi connectivity index (χ4v) is 8.46. The second kappa shape index (κ2) is 17.9. The topological polar surface area (TPSA) is 161 Å². The van der Waals surface area contributed by atoms with Crippen molar-refractivity contribution in [2.24, 2.45) is 0 Å². The second-order valence-corrected chi connectivity index (χ2v) is 18.2. The first-order valence-corrected chi connectivity index (χ1v) is 18.7. The fourth-order valence-electron chi connectivity index (χ4n) is 2.62. The molecule has 0 unspecified atom stereocenters. The molecule has 0 saturated carbocycles. The molecule has 0 aliphatic rings. The maximum Gasteiger partial charge on any atom is 0.460 e. The molecule has 0 aromatic rings. The van der Waals surface area contributed by atoms with Gasteiger partial charge in [-0.25, -0.2) is 33.7 Å². The minimum Gasteiger partial charge on any atom is -0.205 e. The van der Waals surface area contributed by atoms with E-state index in [0.717, 1.165) is 0 Å². The summed E-state index contributed by atoms with van der Waals surface area (Å²) >= 11 is 0. The van der Waals surface area contributed by atoms with Crippen LogP contribution in [-0.4, -0.2) is 165 Å². The molecule has 0 amide bonds. The average molecular weight is 1200 g/mol. The van der Waals surface area contributed by atoms with E-state index in [2.05, 4.69) is 0 Å². The van der Waals surface area contributed by atoms with Gasteiger partial charge in [0.1, 0.15) is 0 Å². The Morgan fingerprint density at radius 1 is 0.194 bits per heavy atom. The zero-order chi connectivity index (χ0) is 55.4. The van der Waals surface area contributed by atoms with E-state index >= 15 is 0 Å². The maximum absolute atomic E-state index is 13.2. The molecule has 0 aliphatic heterocycles. The first-order chi connectivity index (χ1) is 27.4. The monoisotopic (exact) mass is 1200 g/mol. The predicted molar refractivity (Wildman–Crippen MR) is 131 cm³/mol. The molecule has 0 atom stereocenters. The fraction of sp³-hybridized carbons (Fsp3) is 1.00. The van der Waals surface area contributed by atoms with Crippen LogP contribution in [-0.2, 0) is 40.1 Å². The first kappa shape index (κ1) is 69.7. The van der Waals surface area contributed by atoms with Crippen molar-refractivity contribution < 1.29 is 192 Å². The SMILES string of the molecule is O=S(=O)(NS(=O)(=O)C(F)(F)C(F)(F)C(F)(F)C(F)(F)F)C(F)(F)C(F)(F)C(F)(F)C(F)(F)F.O=S(=O)(NS(=O)(=O)C(F)(F)C(F)(F)C(F)(F)C(F)(F)F)C(F)(F)C(F)(F)C(F)(F)C(F)(F)F.[Ca]. The van der Waals surface area contributed by atoms with Gasteiger partial charge in [0, 0.05) is 37.7 Å². The van der Waals surface area contributed by atoms with Crippen LogP contribution in [0.5, 0.6) is 0 Å². The molecule has 51 heteroatoms. The molecule has 0 fully saturated rings. The van der Waals surface area contributed by atoms with Gasteiger partial charge < -0.3 is 0 Å². The summed E-state index contributed by atoms with van der Waals surface area (Å²) in [4.78, 5) is 0. The van der Waals surface area contributed by atoms with Crippen molar-refractivity contribution in [3.63, 3.8) is 0 Å². The number of sulfonamides is 4. The van der Waals surface area contributed by atoms with Gasteiger partial charge in [-0.05, 0) is 0 Å². The summed E-state index contributed by atoms with van der Waals surface area (Å²) < 4.78 is 537. The standard InChI is InChI=1S/2C8HF18NO4S2.Ca/c2*9-1(10,5(17,18)19)3(13,14)7(23,24)32(28,29)27-33(30,31)8(25,26)4(15,16)2(11,12)6(20,21)22;/h2*27H;. The number of hydrogen-bond donors (Lipinski definition) is 2. The van der Waals surface area contributed by atoms with Gasteiger partial charge in [0.05, 0.1) is 0 Å². The number of hydrogen-bond acceptors (Lipinski definition) is 8. The molecular weight excluding hydrogens is 1200 g/mol. The van der Waals surface area contributed by atoms with Crippen molar-refractivity contribution in [1.29, 1.82) is 0 Å². The Hall–Kier alpha value is -1.54. The molecule has 2 N–H and O–H groups in total. The number of nitrogens with one attached hydrogen (secondary N) is 2. The zero-order valence-corrected chi connectivity index (χ0v) is 33.7. The summed E-state index contributed by atoms with van der Waals surface area (Å²) in [6, 6.07) is 0. The van der Waals surface area contributed by atoms with E-state index in [-0.39, 0.29) is 37.7 Å². The van der Waals surface area contributed by atoms with Crippen molar-refractivity contribution in [2.45, 2.75) is 93.1 Å². The van der Waals surface area contributed by atoms with Gasteiger partial charge in [-0.15, -0.1) is 0 Å². The zero-order valence-electron chi connectivity index (χ0n) is 28.2. The summed E-state index contributed by atoms with van der Waals surface area (Å²) in [5.41, 5.74) is 0. The molecule has 0 rings (SSSR count). The van der Waals surface area contributed by atoms with E-state index in [0.29, 0.717) is 0 Å². The van der Waals surface area contributed by atoms with E-state index in [1.165, 1.54) is 0 Å². The van der Waals surface area contributed by atoms with Crippen molar-refractivity contribution in [1.82, 2.24) is 8.25 Å². The molecular formula is C16H2CaF36N2O8S4. The Morgan fingerprint density at radius 3 is 0.358 bits per heavy atom. The van der Waals surface area contributed by atoms with Crippen LogP contribution in [0.25, 0.3) is 0 Å². The van der Waals surface area contributed by atoms with E-state index in [1.54, 1.807) is 0 Å². The molecule has 10 nitrogen and oxygen atoms in total. The summed E-state index contributed by atoms with van der Waals surface area (Å²) in [6.45, 7) is 0. The van der Waals surface area contributed by atoms with Crippen LogP contribution >= 0.6 is 0 Å². The van der Waals surface area contributed by atoms with E-state index in [4.69, 9.17) is 0 Å². The van der Waals surface area contributed by atoms with Crippen molar-refractivity contribution in [3.8, 4) is 0 Å². The third kappa shape index (κ3) is 10.5. The largest absolute Gasteiger partial charge is 0.460 e. The van der Waals surface area contributed by atoms with Crippen LogP contribution < -0.4 is 8.25 Å². The van der Waals surface area contributed by atoms with Gasteiger partial charge in [0.25, 0.3) is 40.1 Å². The third-order valence-corrected chi connectivity index (χ3v) is 13.5. The number of rotatable bonds is 16. The Balaban J connectivity index is -0.00000120. The van der Waals surface area contributed by atoms with Crippen molar-refractivity contribution in [2.75, 3.05) is 0 Å². The van der Waals surface area contributed by atoms with Gasteiger partial charge in [0.15, 0.2) is 0 Å². The smallest absolute Gasteiger partial charge is 0.205 e. The Morgan fingerprint density at radius 2 is 0.284 bits per heavy atom. The minimum atomic E-state index is -8.68. The molecule has 0 aromatic carbocycles. The van der Waals surface area contributed by atoms with Crippen molar-refractivity contribution >= 4 is 77.8 Å². The third-order valence-electron chi connectivity index (χ3n) is 6.25. The number of halogens is 36. The molecule has 0 saturated heterocycles. The van der Waals surface area contributed by atoms with Gasteiger partial charge >= 0.3 is 93.1 Å². The Kier molecular flexibility index (Phi) is 18.6. The summed E-state index contributed by atoms with van der Waals surface area (Å²) in [5.74, 6) is -65.7. The second-order valence-electron chi connectivity index (χ2n) is 10.8. The minimum absolute atomic E-state index is 0. The normalized spacial score (nSPS) is 16.5. The van der Waals surface area contributed by atoms with Crippen molar-refractivity contribution in [3.05, 3.63) is 0 Å². The number of alkyl halides is 36. The summed E-state index contributed by atoms with van der Waals surface area (Å²) in [6.07, 6.45) is -31.1. The van der Waals surface area contributed by atoms with Crippen LogP contribution in [0.3, 0.4) is 0 Å². The van der Waals surface area contributed by atoms with Gasteiger partial charge in [0.2, 0.25) is 0 Å². The molecule has 67 heavy (non-hydrogen) atoms. The van der Waals surface area contributed by atoms with Gasteiger partial charge in [-0.2, -0.15) is 158 Å². The van der Waals surface area contributed by atoms with Gasteiger partial charge in [-0.3, -0.25) is 0 Å². The molecule has 0 aliphatic carbocycles. The Labute approximate surface area is 369 Å². The van der Waals surface area contributed by atoms with E-state index < -0.39 is 141 Å². The maximum atomic E-state index is 13.2. The van der Waals surface area contributed by atoms with Crippen LogP contribution in [0.1, 0.15) is 0 Å². The first-order valence-electron chi connectivity index (χ1n) is 12.8. The molecule has 0 spiro atoms. The molecule has 0 aromatic heterocycles. The summed E-state index contributed by atoms with van der Waals surface area (Å²) in [5, 5.41) is -32.7. The van der Waals surface area contributed by atoms with Crippen LogP contribution in [0.15, 0.2) is 0 Å². The molecule has 2 radical (unpaired) electrons. The van der Waals surface area contributed by atoms with Crippen LogP contribution in [0, 0.1) is 0 Å². The van der Waals surface area contributed by atoms with Crippen LogP contribution in [0.2, 0.25) is 0 Å². The van der Waals surface area contributed by atoms with Gasteiger partial charge in [-0.1, -0.05) is 8.25 Å². The average Bonchev–Trinajstić information content (AvgIpc) is 3.00. The van der Waals surface area contributed by atoms with E-state index in [1.807, 2.05) is 0 Å². The predicted octanol–water partition coefficient (Wildman–Crippen LogP) is 7.79.